The average molecular weight is 549 g/mol. The van der Waals surface area contributed by atoms with Gasteiger partial charge in [-0.2, -0.15) is 4.98 Å². The Kier molecular flexibility index (Phi) is 9.56. The van der Waals surface area contributed by atoms with Crippen molar-refractivity contribution < 1.29 is 4.74 Å². The van der Waals surface area contributed by atoms with Gasteiger partial charge in [0.15, 0.2) is 0 Å². The lowest BCUT2D eigenvalue weighted by Gasteiger charge is -2.18. The maximum absolute atomic E-state index is 13.1. The van der Waals surface area contributed by atoms with E-state index in [9.17, 15) is 4.79 Å². The van der Waals surface area contributed by atoms with Crippen LogP contribution in [0.2, 0.25) is 10.0 Å². The molecule has 0 atom stereocenters. The largest absolute Gasteiger partial charge is 0.492 e. The SMILES string of the molecule is CCN(CC)CCOc1ccc(Nc2ncc3cc(-c4c(Cl)cccc4Cl)c(=O)n(C)c3n2)cc1.Cl. The summed E-state index contributed by atoms with van der Waals surface area (Å²) in [6.45, 7) is 7.83. The van der Waals surface area contributed by atoms with Gasteiger partial charge < -0.3 is 15.0 Å². The van der Waals surface area contributed by atoms with Gasteiger partial charge in [-0.1, -0.05) is 43.1 Å². The smallest absolute Gasteiger partial charge is 0.259 e. The van der Waals surface area contributed by atoms with E-state index in [1.807, 2.05) is 24.3 Å². The summed E-state index contributed by atoms with van der Waals surface area (Å²) >= 11 is 12.7. The minimum absolute atomic E-state index is 0. The molecule has 10 heteroatoms. The first-order chi connectivity index (χ1) is 16.9. The number of hydrogen-bond acceptors (Lipinski definition) is 6. The lowest BCUT2D eigenvalue weighted by atomic mass is 10.1. The number of likely N-dealkylation sites (N-methyl/N-ethyl adjacent to an activating group) is 1. The summed E-state index contributed by atoms with van der Waals surface area (Å²) in [7, 11) is 1.67. The Morgan fingerprint density at radius 3 is 2.36 bits per heavy atom. The molecule has 0 aliphatic carbocycles. The van der Waals surface area contributed by atoms with Gasteiger partial charge >= 0.3 is 0 Å². The molecule has 4 rings (SSSR count). The van der Waals surface area contributed by atoms with Crippen molar-refractivity contribution in [3.05, 3.63) is 75.1 Å². The number of benzene rings is 2. The van der Waals surface area contributed by atoms with Gasteiger partial charge in [0.2, 0.25) is 5.95 Å². The van der Waals surface area contributed by atoms with Crippen molar-refractivity contribution in [3.8, 4) is 16.9 Å². The highest BCUT2D eigenvalue weighted by molar-refractivity contribution is 6.39. The van der Waals surface area contributed by atoms with E-state index in [4.69, 9.17) is 27.9 Å². The van der Waals surface area contributed by atoms with Crippen LogP contribution in [0, 0.1) is 0 Å². The highest BCUT2D eigenvalue weighted by Gasteiger charge is 2.16. The first kappa shape index (κ1) is 27.7. The van der Waals surface area contributed by atoms with Crippen molar-refractivity contribution >= 4 is 58.3 Å². The molecule has 4 aromatic rings. The zero-order valence-corrected chi connectivity index (χ0v) is 22.6. The number of fused-ring (bicyclic) bond motifs is 1. The summed E-state index contributed by atoms with van der Waals surface area (Å²) < 4.78 is 7.32. The minimum atomic E-state index is -0.247. The maximum Gasteiger partial charge on any atom is 0.259 e. The van der Waals surface area contributed by atoms with Gasteiger partial charge in [0.25, 0.3) is 5.56 Å². The van der Waals surface area contributed by atoms with Crippen LogP contribution < -0.4 is 15.6 Å². The van der Waals surface area contributed by atoms with Gasteiger partial charge in [0, 0.05) is 36.4 Å². The van der Waals surface area contributed by atoms with E-state index in [-0.39, 0.29) is 18.0 Å². The van der Waals surface area contributed by atoms with Gasteiger partial charge in [-0.15, -0.1) is 12.4 Å². The monoisotopic (exact) mass is 547 g/mol. The van der Waals surface area contributed by atoms with Gasteiger partial charge in [-0.05, 0) is 55.6 Å². The van der Waals surface area contributed by atoms with Gasteiger partial charge in [0.1, 0.15) is 18.0 Å². The standard InChI is InChI=1S/C26H27Cl2N5O2.ClH/c1-4-33(5-2)13-14-35-19-11-9-18(10-12-19)30-26-29-16-17-15-20(25(34)32(3)24(17)31-26)23-21(27)7-6-8-22(23)28;/h6-12,15-16H,4-5,13-14H2,1-3H3,(H,29,30,31);1H. The Bertz CT molecular complexity index is 1370. The molecular weight excluding hydrogens is 521 g/mol. The molecular formula is C26H28Cl3N5O2. The molecule has 7 nitrogen and oxygen atoms in total. The Hall–Kier alpha value is -2.84. The quantitative estimate of drug-likeness (QED) is 0.269. The van der Waals surface area contributed by atoms with Crippen molar-refractivity contribution in [2.45, 2.75) is 13.8 Å². The third-order valence-corrected chi connectivity index (χ3v) is 6.49. The molecule has 0 unspecified atom stereocenters. The molecule has 2 heterocycles. The Labute approximate surface area is 226 Å². The molecule has 1 N–H and O–H groups in total. The zero-order chi connectivity index (χ0) is 24.9. The van der Waals surface area contributed by atoms with E-state index in [0.29, 0.717) is 44.8 Å². The molecule has 0 saturated heterocycles. The van der Waals surface area contributed by atoms with Crippen LogP contribution in [0.3, 0.4) is 0 Å². The second-order valence-corrected chi connectivity index (χ2v) is 8.83. The van der Waals surface area contributed by atoms with Crippen LogP contribution in [-0.4, -0.2) is 45.7 Å². The number of nitrogens with zero attached hydrogens (tertiary/aromatic N) is 4. The number of aromatic nitrogens is 3. The summed E-state index contributed by atoms with van der Waals surface area (Å²) in [5, 5.41) is 4.70. The summed E-state index contributed by atoms with van der Waals surface area (Å²) in [6.07, 6.45) is 1.67. The van der Waals surface area contributed by atoms with Gasteiger partial charge in [0.05, 0.1) is 15.6 Å². The number of halogens is 3. The van der Waals surface area contributed by atoms with Crippen molar-refractivity contribution in [2.75, 3.05) is 31.6 Å². The summed E-state index contributed by atoms with van der Waals surface area (Å²) in [4.78, 5) is 24.4. The number of hydrogen-bond donors (Lipinski definition) is 1. The van der Waals surface area contributed by atoms with E-state index < -0.39 is 0 Å². The summed E-state index contributed by atoms with van der Waals surface area (Å²) in [5.41, 5.74) is 1.96. The number of rotatable bonds is 9. The van der Waals surface area contributed by atoms with Crippen LogP contribution in [0.25, 0.3) is 22.2 Å². The van der Waals surface area contributed by atoms with E-state index in [1.165, 1.54) is 4.57 Å². The third kappa shape index (κ3) is 6.10. The molecule has 190 valence electrons. The number of ether oxygens (including phenoxy) is 1. The number of aryl methyl sites for hydroxylation is 1. The highest BCUT2D eigenvalue weighted by atomic mass is 35.5. The Morgan fingerprint density at radius 1 is 1.06 bits per heavy atom. The molecule has 0 aliphatic heterocycles. The van der Waals surface area contributed by atoms with Crippen LogP contribution in [0.15, 0.2) is 59.5 Å². The molecule has 0 saturated carbocycles. The van der Waals surface area contributed by atoms with Crippen LogP contribution in [0.5, 0.6) is 5.75 Å². The topological polar surface area (TPSA) is 72.3 Å². The fraction of sp³-hybridized carbons (Fsp3) is 0.269. The van der Waals surface area contributed by atoms with Crippen LogP contribution in [0.1, 0.15) is 13.8 Å². The average Bonchev–Trinajstić information content (AvgIpc) is 2.86. The Balaban J connectivity index is 0.00000361. The molecule has 0 radical (unpaired) electrons. The first-order valence-electron chi connectivity index (χ1n) is 11.4. The van der Waals surface area contributed by atoms with Crippen LogP contribution >= 0.6 is 35.6 Å². The molecule has 0 bridgehead atoms. The molecule has 36 heavy (non-hydrogen) atoms. The second kappa shape index (κ2) is 12.4. The van der Waals surface area contributed by atoms with Gasteiger partial charge in [-0.3, -0.25) is 9.36 Å². The summed E-state index contributed by atoms with van der Waals surface area (Å²) in [6, 6.07) is 14.5. The zero-order valence-electron chi connectivity index (χ0n) is 20.3. The molecule has 2 aromatic carbocycles. The maximum atomic E-state index is 13.1. The van der Waals surface area contributed by atoms with Crippen molar-refractivity contribution in [1.29, 1.82) is 0 Å². The minimum Gasteiger partial charge on any atom is -0.492 e. The predicted molar refractivity (Wildman–Crippen MR) is 150 cm³/mol. The van der Waals surface area contributed by atoms with E-state index >= 15 is 0 Å². The molecule has 0 aliphatic rings. The fourth-order valence-corrected chi connectivity index (χ4v) is 4.44. The Morgan fingerprint density at radius 2 is 1.72 bits per heavy atom. The highest BCUT2D eigenvalue weighted by Crippen LogP contribution is 2.33. The molecule has 0 fully saturated rings. The van der Waals surface area contributed by atoms with Gasteiger partial charge in [-0.25, -0.2) is 4.98 Å². The predicted octanol–water partition coefficient (Wildman–Crippen LogP) is 6.19. The normalized spacial score (nSPS) is 10.9. The van der Waals surface area contributed by atoms with Crippen LogP contribution in [0.4, 0.5) is 11.6 Å². The molecule has 2 aromatic heterocycles. The summed E-state index contributed by atoms with van der Waals surface area (Å²) in [5.74, 6) is 1.18. The van der Waals surface area contributed by atoms with Crippen LogP contribution in [-0.2, 0) is 7.05 Å². The van der Waals surface area contributed by atoms with E-state index in [0.717, 1.165) is 31.1 Å². The fourth-order valence-electron chi connectivity index (χ4n) is 3.84. The lowest BCUT2D eigenvalue weighted by molar-refractivity contribution is 0.223. The first-order valence-corrected chi connectivity index (χ1v) is 12.2. The van der Waals surface area contributed by atoms with Crippen molar-refractivity contribution in [2.24, 2.45) is 7.05 Å². The lowest BCUT2D eigenvalue weighted by Crippen LogP contribution is -2.27. The number of pyridine rings is 1. The molecule has 0 spiro atoms. The number of anilines is 2. The van der Waals surface area contributed by atoms with E-state index in [2.05, 4.69) is 34.0 Å². The second-order valence-electron chi connectivity index (χ2n) is 8.02. The van der Waals surface area contributed by atoms with E-state index in [1.54, 1.807) is 37.5 Å². The molecule has 0 amide bonds. The third-order valence-electron chi connectivity index (χ3n) is 5.86. The number of nitrogens with one attached hydrogen (secondary N) is 1. The van der Waals surface area contributed by atoms with Crippen molar-refractivity contribution in [3.63, 3.8) is 0 Å². The van der Waals surface area contributed by atoms with Crippen molar-refractivity contribution in [1.82, 2.24) is 19.4 Å².